The predicted molar refractivity (Wildman–Crippen MR) is 189 cm³/mol. The van der Waals surface area contributed by atoms with Crippen molar-refractivity contribution in [2.75, 3.05) is 18.1 Å². The van der Waals surface area contributed by atoms with Gasteiger partial charge >= 0.3 is 6.03 Å². The summed E-state index contributed by atoms with van der Waals surface area (Å²) in [5.41, 5.74) is 7.30. The van der Waals surface area contributed by atoms with Crippen molar-refractivity contribution in [1.82, 2.24) is 14.7 Å². The number of aryl methyl sites for hydroxylation is 2. The second kappa shape index (κ2) is 11.9. The Kier molecular flexibility index (Phi) is 7.74. The number of amides is 6. The molecule has 1 saturated carbocycles. The van der Waals surface area contributed by atoms with Gasteiger partial charge in [0.2, 0.25) is 23.6 Å². The Morgan fingerprint density at radius 2 is 1.82 bits per heavy atom. The fourth-order valence-corrected chi connectivity index (χ4v) is 10.3. The molecule has 262 valence electrons. The Bertz CT molecular complexity index is 2230. The highest BCUT2D eigenvalue weighted by molar-refractivity contribution is 7.22. The number of anilines is 1. The molecule has 4 aromatic rings. The van der Waals surface area contributed by atoms with E-state index in [-0.39, 0.29) is 26.1 Å². The van der Waals surface area contributed by atoms with Gasteiger partial charge in [0.05, 0.1) is 34.7 Å². The number of primary amides is 1. The third-order valence-electron chi connectivity index (χ3n) is 11.3. The van der Waals surface area contributed by atoms with Crippen molar-refractivity contribution in [2.24, 2.45) is 41.9 Å². The van der Waals surface area contributed by atoms with Crippen molar-refractivity contribution >= 4 is 68.5 Å². The molecule has 51 heavy (non-hydrogen) atoms. The number of benzene rings is 2. The number of hydrogen-bond acceptors (Lipinski definition) is 9. The molecule has 2 aromatic heterocycles. The summed E-state index contributed by atoms with van der Waals surface area (Å²) in [5, 5.41) is 15.6. The van der Waals surface area contributed by atoms with E-state index in [9.17, 15) is 29.1 Å². The average Bonchev–Trinajstić information content (AvgIpc) is 3.77. The van der Waals surface area contributed by atoms with Crippen LogP contribution in [0.1, 0.15) is 36.8 Å². The van der Waals surface area contributed by atoms with E-state index >= 15 is 0 Å². The van der Waals surface area contributed by atoms with Crippen LogP contribution < -0.4 is 15.4 Å². The van der Waals surface area contributed by atoms with Crippen LogP contribution in [0.25, 0.3) is 20.7 Å². The molecule has 4 aliphatic rings. The molecule has 6 unspecified atom stereocenters. The van der Waals surface area contributed by atoms with Crippen LogP contribution in [0.2, 0.25) is 5.02 Å². The van der Waals surface area contributed by atoms with Crippen LogP contribution in [0.3, 0.4) is 0 Å². The van der Waals surface area contributed by atoms with E-state index < -0.39 is 64.7 Å². The number of urea groups is 1. The summed E-state index contributed by atoms with van der Waals surface area (Å²) in [4.78, 5) is 71.4. The normalized spacial score (nSPS) is 27.2. The van der Waals surface area contributed by atoms with Crippen LogP contribution in [-0.2, 0) is 26.2 Å². The van der Waals surface area contributed by atoms with Gasteiger partial charge in [-0.05, 0) is 79.5 Å². The van der Waals surface area contributed by atoms with Crippen LogP contribution in [0.4, 0.5) is 10.6 Å². The molecule has 6 amide bonds. The van der Waals surface area contributed by atoms with Crippen LogP contribution in [0.5, 0.6) is 5.75 Å². The molecular formula is C37H34ClN5O7S. The van der Waals surface area contributed by atoms with E-state index in [0.29, 0.717) is 27.2 Å². The number of allylic oxidation sites excluding steroid dienone is 2. The van der Waals surface area contributed by atoms with Gasteiger partial charge in [-0.25, -0.2) is 9.69 Å². The standard InChI is InChI=1S/C37H34ClN5O7S/c1-17-23-14-19(38)6-11-27(23)51-31(17)26-16-28(41(3)40-26)42-33(46)25-15-24-21(9-10-22-29(24)34(47)43(32(22)45)36(39)49)30(37(25,2)35(42)48)18-4-7-20(8-5-18)50-13-12-44/h4-9,11,14,16,22,24-25,29-30,44H,10,12-13,15H2,1-3H3,(H2,39,49). The maximum absolute atomic E-state index is 14.9. The maximum atomic E-state index is 14.9. The van der Waals surface area contributed by atoms with E-state index in [2.05, 4.69) is 0 Å². The third-order valence-corrected chi connectivity index (χ3v) is 12.8. The number of thiophene rings is 1. The molecule has 3 N–H and O–H groups in total. The van der Waals surface area contributed by atoms with Gasteiger partial charge in [0.25, 0.3) is 0 Å². The number of aliphatic hydroxyl groups excluding tert-OH is 1. The van der Waals surface area contributed by atoms with E-state index in [1.165, 1.54) is 9.58 Å². The largest absolute Gasteiger partial charge is 0.491 e. The fourth-order valence-electron chi connectivity index (χ4n) is 8.97. The lowest BCUT2D eigenvalue weighted by Crippen LogP contribution is -2.49. The Morgan fingerprint density at radius 1 is 1.08 bits per heavy atom. The number of aliphatic hydroxyl groups is 1. The number of carbonyl (C=O) groups excluding carboxylic acids is 5. The highest BCUT2D eigenvalue weighted by Crippen LogP contribution is 2.63. The molecule has 0 bridgehead atoms. The summed E-state index contributed by atoms with van der Waals surface area (Å²) < 4.78 is 8.16. The van der Waals surface area contributed by atoms with Gasteiger partial charge in [0.1, 0.15) is 23.9 Å². The lowest BCUT2D eigenvalue weighted by Gasteiger charge is -2.49. The highest BCUT2D eigenvalue weighted by atomic mass is 35.5. The monoisotopic (exact) mass is 727 g/mol. The first-order valence-corrected chi connectivity index (χ1v) is 17.9. The minimum atomic E-state index is -1.27. The predicted octanol–water partition coefficient (Wildman–Crippen LogP) is 4.94. The first-order valence-electron chi connectivity index (χ1n) is 16.7. The van der Waals surface area contributed by atoms with Gasteiger partial charge in [-0.15, -0.1) is 11.3 Å². The maximum Gasteiger partial charge on any atom is 0.328 e. The van der Waals surface area contributed by atoms with Crippen LogP contribution in [-0.4, -0.2) is 62.7 Å². The van der Waals surface area contributed by atoms with E-state index in [1.54, 1.807) is 43.5 Å². The number of hydrogen-bond donors (Lipinski definition) is 2. The van der Waals surface area contributed by atoms with E-state index in [4.69, 9.17) is 27.2 Å². The van der Waals surface area contributed by atoms with Gasteiger partial charge in [-0.3, -0.25) is 23.9 Å². The first kappa shape index (κ1) is 33.3. The number of imide groups is 4. The third kappa shape index (κ3) is 4.74. The number of carbonyl (C=O) groups is 5. The molecule has 4 heterocycles. The lowest BCUT2D eigenvalue weighted by atomic mass is 9.51. The number of nitrogens with zero attached hydrogens (tertiary/aromatic N) is 4. The van der Waals surface area contributed by atoms with Crippen molar-refractivity contribution in [3.8, 4) is 16.3 Å². The number of rotatable bonds is 6. The summed E-state index contributed by atoms with van der Waals surface area (Å²) >= 11 is 7.84. The summed E-state index contributed by atoms with van der Waals surface area (Å²) in [6.07, 6.45) is 2.23. The van der Waals surface area contributed by atoms with Gasteiger partial charge in [0.15, 0.2) is 0 Å². The molecule has 2 aliphatic heterocycles. The zero-order chi connectivity index (χ0) is 36.1. The summed E-state index contributed by atoms with van der Waals surface area (Å²) in [6.45, 7) is 3.74. The molecule has 2 saturated heterocycles. The van der Waals surface area contributed by atoms with Crippen molar-refractivity contribution < 1.29 is 33.8 Å². The van der Waals surface area contributed by atoms with Crippen LogP contribution in [0.15, 0.2) is 60.2 Å². The van der Waals surface area contributed by atoms with Gasteiger partial charge in [-0.2, -0.15) is 10.00 Å². The Morgan fingerprint density at radius 3 is 2.53 bits per heavy atom. The Hall–Kier alpha value is -4.85. The first-order chi connectivity index (χ1) is 24.4. The molecule has 2 aliphatic carbocycles. The molecule has 12 nitrogen and oxygen atoms in total. The lowest BCUT2D eigenvalue weighted by molar-refractivity contribution is -0.136. The van der Waals surface area contributed by atoms with Gasteiger partial charge in [0, 0.05) is 28.8 Å². The highest BCUT2D eigenvalue weighted by Gasteiger charge is 2.68. The topological polar surface area (TPSA) is 165 Å². The molecule has 14 heteroatoms. The zero-order valence-electron chi connectivity index (χ0n) is 28.0. The molecule has 0 spiro atoms. The zero-order valence-corrected chi connectivity index (χ0v) is 29.5. The number of fused-ring (bicyclic) bond motifs is 5. The van der Waals surface area contributed by atoms with Crippen molar-refractivity contribution in [1.29, 1.82) is 0 Å². The number of ether oxygens (including phenoxy) is 1. The number of nitrogens with two attached hydrogens (primary N) is 1. The molecule has 3 fully saturated rings. The van der Waals surface area contributed by atoms with E-state index in [1.807, 2.05) is 43.3 Å². The molecule has 8 rings (SSSR count). The second-order valence-electron chi connectivity index (χ2n) is 13.9. The number of aromatic nitrogens is 2. The number of halogens is 1. The Balaban J connectivity index is 1.23. The molecule has 0 radical (unpaired) electrons. The minimum Gasteiger partial charge on any atom is -0.491 e. The quantitative estimate of drug-likeness (QED) is 0.208. The van der Waals surface area contributed by atoms with Crippen molar-refractivity contribution in [3.63, 3.8) is 0 Å². The van der Waals surface area contributed by atoms with Gasteiger partial charge < -0.3 is 15.6 Å². The SMILES string of the molecule is Cc1c(-c2cc(N3C(=O)C4CC5C(=CCC6C(=O)N(C(N)=O)C(=O)C65)C(c5ccc(OCCO)cc5)C4(C)C3=O)n(C)n2)sc2ccc(Cl)cc12. The summed E-state index contributed by atoms with van der Waals surface area (Å²) in [5.74, 6) is -5.08. The van der Waals surface area contributed by atoms with Crippen LogP contribution >= 0.6 is 22.9 Å². The molecular weight excluding hydrogens is 694 g/mol. The van der Waals surface area contributed by atoms with E-state index in [0.717, 1.165) is 31.7 Å². The smallest absolute Gasteiger partial charge is 0.328 e. The Labute approximate surface area is 301 Å². The minimum absolute atomic E-state index is 0.106. The average molecular weight is 728 g/mol. The summed E-state index contributed by atoms with van der Waals surface area (Å²) in [6, 6.07) is 13.5. The summed E-state index contributed by atoms with van der Waals surface area (Å²) in [7, 11) is 1.69. The van der Waals surface area contributed by atoms with Crippen molar-refractivity contribution in [3.05, 3.63) is 76.3 Å². The molecule has 2 aromatic carbocycles. The fraction of sp³-hybridized carbons (Fsp3) is 0.351. The number of likely N-dealkylation sites (tertiary alicyclic amines) is 1. The molecule has 6 atom stereocenters. The van der Waals surface area contributed by atoms with Crippen LogP contribution in [0, 0.1) is 36.0 Å². The second-order valence-corrected chi connectivity index (χ2v) is 15.3. The van der Waals surface area contributed by atoms with Gasteiger partial charge in [-0.1, -0.05) is 35.4 Å². The van der Waals surface area contributed by atoms with Crippen molar-refractivity contribution in [2.45, 2.75) is 32.6 Å².